The van der Waals surface area contributed by atoms with Crippen LogP contribution in [0.1, 0.15) is 44.6 Å². The second-order valence-corrected chi connectivity index (χ2v) is 12.2. The molecule has 0 unspecified atom stereocenters. The van der Waals surface area contributed by atoms with Crippen LogP contribution in [0.15, 0.2) is 107 Å². The number of nitrogens with one attached hydrogen (secondary N) is 1. The van der Waals surface area contributed by atoms with Gasteiger partial charge in [0.1, 0.15) is 11.6 Å². The smallest absolute Gasteiger partial charge is 0.254 e. The highest BCUT2D eigenvalue weighted by molar-refractivity contribution is 7.99. The number of carbonyl (C=O) groups excluding carboxylic acids is 2. The summed E-state index contributed by atoms with van der Waals surface area (Å²) in [6.45, 7) is 0.526. The minimum Gasteiger partial charge on any atom is -0.345 e. The van der Waals surface area contributed by atoms with Crippen molar-refractivity contribution in [1.82, 2.24) is 25.1 Å². The second-order valence-electron chi connectivity index (χ2n) is 10.3. The molecule has 8 nitrogen and oxygen atoms in total. The van der Waals surface area contributed by atoms with Gasteiger partial charge in [-0.15, -0.1) is 21.5 Å². The van der Waals surface area contributed by atoms with E-state index in [-0.39, 0.29) is 35.6 Å². The summed E-state index contributed by atoms with van der Waals surface area (Å²) in [5, 5.41) is 20.0. The van der Waals surface area contributed by atoms with E-state index in [9.17, 15) is 18.4 Å². The van der Waals surface area contributed by atoms with Crippen LogP contribution in [0.25, 0.3) is 0 Å². The lowest BCUT2D eigenvalue weighted by Crippen LogP contribution is -2.29. The Morgan fingerprint density at radius 2 is 1.71 bits per heavy atom. The summed E-state index contributed by atoms with van der Waals surface area (Å²) >= 11 is 2.78. The van der Waals surface area contributed by atoms with Crippen LogP contribution in [0.2, 0.25) is 0 Å². The molecule has 45 heavy (non-hydrogen) atoms. The monoisotopic (exact) mass is 642 g/mol. The molecule has 0 aliphatic carbocycles. The van der Waals surface area contributed by atoms with E-state index >= 15 is 0 Å². The SMILES string of the molecule is O=C(NCc1nnc(SCC(=O)N2N=C(c3cccs3)C[C@@H]2c2ccc(F)cc2)n1CCc1ccccc1)c1ccccc1F. The van der Waals surface area contributed by atoms with Gasteiger partial charge in [0, 0.05) is 13.0 Å². The molecule has 3 aromatic carbocycles. The van der Waals surface area contributed by atoms with Crippen molar-refractivity contribution in [3.05, 3.63) is 135 Å². The quantitative estimate of drug-likeness (QED) is 0.172. The van der Waals surface area contributed by atoms with Crippen LogP contribution in [0.3, 0.4) is 0 Å². The molecule has 0 saturated heterocycles. The standard InChI is InChI=1S/C33H28F2N6O2S2/c34-24-14-12-23(13-15-24)28-19-27(29-11-6-18-44-29)39-41(28)31(42)21-45-33-38-37-30(40(33)17-16-22-7-2-1-3-8-22)20-36-32(43)25-9-4-5-10-26(25)35/h1-15,18,28H,16-17,19-21H2,(H,36,43)/t28-/m1/s1. The minimum absolute atomic E-state index is 0.0245. The predicted molar refractivity (Wildman–Crippen MR) is 170 cm³/mol. The molecule has 0 spiro atoms. The molecular weight excluding hydrogens is 615 g/mol. The topological polar surface area (TPSA) is 92.5 Å². The zero-order valence-electron chi connectivity index (χ0n) is 24.0. The summed E-state index contributed by atoms with van der Waals surface area (Å²) in [4.78, 5) is 27.3. The van der Waals surface area contributed by atoms with Crippen molar-refractivity contribution in [2.24, 2.45) is 5.10 Å². The first-order valence-corrected chi connectivity index (χ1v) is 16.1. The number of thioether (sulfide) groups is 1. The van der Waals surface area contributed by atoms with Gasteiger partial charge in [-0.25, -0.2) is 13.8 Å². The van der Waals surface area contributed by atoms with Crippen molar-refractivity contribution in [3.63, 3.8) is 0 Å². The largest absolute Gasteiger partial charge is 0.345 e. The maximum Gasteiger partial charge on any atom is 0.254 e. The summed E-state index contributed by atoms with van der Waals surface area (Å²) in [6.07, 6.45) is 1.18. The van der Waals surface area contributed by atoms with E-state index in [1.807, 2.05) is 52.4 Å². The first kappa shape index (κ1) is 30.4. The van der Waals surface area contributed by atoms with E-state index in [1.54, 1.807) is 29.5 Å². The zero-order valence-corrected chi connectivity index (χ0v) is 25.6. The molecular formula is C33H28F2N6O2S2. The third-order valence-corrected chi connectivity index (χ3v) is 9.21. The molecule has 1 atom stereocenters. The van der Waals surface area contributed by atoms with Gasteiger partial charge in [-0.2, -0.15) is 5.10 Å². The molecule has 2 amide bonds. The molecule has 1 aliphatic rings. The molecule has 5 aromatic rings. The fourth-order valence-corrected chi connectivity index (χ4v) is 6.59. The fourth-order valence-electron chi connectivity index (χ4n) is 5.04. The van der Waals surface area contributed by atoms with Crippen molar-refractivity contribution >= 4 is 40.6 Å². The van der Waals surface area contributed by atoms with Gasteiger partial charge in [-0.05, 0) is 53.3 Å². The number of thiophene rings is 1. The zero-order chi connectivity index (χ0) is 31.2. The second kappa shape index (κ2) is 14.0. The van der Waals surface area contributed by atoms with E-state index < -0.39 is 11.7 Å². The molecule has 2 aromatic heterocycles. The predicted octanol–water partition coefficient (Wildman–Crippen LogP) is 6.26. The van der Waals surface area contributed by atoms with Crippen LogP contribution in [0, 0.1) is 11.6 Å². The van der Waals surface area contributed by atoms with Gasteiger partial charge in [0.25, 0.3) is 11.8 Å². The number of halogens is 2. The van der Waals surface area contributed by atoms with E-state index in [0.717, 1.165) is 21.7 Å². The van der Waals surface area contributed by atoms with Crippen molar-refractivity contribution in [3.8, 4) is 0 Å². The van der Waals surface area contributed by atoms with Crippen LogP contribution in [0.5, 0.6) is 0 Å². The third-order valence-electron chi connectivity index (χ3n) is 7.34. The van der Waals surface area contributed by atoms with Gasteiger partial charge >= 0.3 is 0 Å². The number of hydrogen-bond donors (Lipinski definition) is 1. The highest BCUT2D eigenvalue weighted by atomic mass is 32.2. The summed E-state index contributed by atoms with van der Waals surface area (Å²) in [6, 6.07) is 25.4. The molecule has 0 fully saturated rings. The Morgan fingerprint density at radius 1 is 0.933 bits per heavy atom. The maximum atomic E-state index is 14.2. The van der Waals surface area contributed by atoms with E-state index in [0.29, 0.717) is 30.4 Å². The van der Waals surface area contributed by atoms with Crippen LogP contribution in [0.4, 0.5) is 8.78 Å². The first-order valence-electron chi connectivity index (χ1n) is 14.3. The molecule has 3 heterocycles. The van der Waals surface area contributed by atoms with Crippen molar-refractivity contribution < 1.29 is 18.4 Å². The Hall–Kier alpha value is -4.68. The Kier molecular flexibility index (Phi) is 9.41. The van der Waals surface area contributed by atoms with E-state index in [4.69, 9.17) is 5.10 Å². The molecule has 228 valence electrons. The highest BCUT2D eigenvalue weighted by Gasteiger charge is 2.33. The summed E-state index contributed by atoms with van der Waals surface area (Å²) in [5.74, 6) is -1.23. The summed E-state index contributed by atoms with van der Waals surface area (Å²) < 4.78 is 29.7. The van der Waals surface area contributed by atoms with Crippen LogP contribution in [-0.2, 0) is 24.3 Å². The minimum atomic E-state index is -0.610. The summed E-state index contributed by atoms with van der Waals surface area (Å²) in [5.41, 5.74) is 2.65. The first-order chi connectivity index (χ1) is 22.0. The molecule has 6 rings (SSSR count). The number of benzene rings is 3. The fraction of sp³-hybridized carbons (Fsp3) is 0.182. The van der Waals surface area contributed by atoms with Crippen molar-refractivity contribution in [2.45, 2.75) is 37.1 Å². The molecule has 0 radical (unpaired) electrons. The Labute approximate surface area is 266 Å². The molecule has 12 heteroatoms. The molecule has 0 bridgehead atoms. The van der Waals surface area contributed by atoms with E-state index in [1.165, 1.54) is 47.1 Å². The number of aromatic nitrogens is 3. The van der Waals surface area contributed by atoms with Crippen molar-refractivity contribution in [1.29, 1.82) is 0 Å². The molecule has 0 saturated carbocycles. The number of nitrogens with zero attached hydrogens (tertiary/aromatic N) is 5. The van der Waals surface area contributed by atoms with Gasteiger partial charge in [0.2, 0.25) is 0 Å². The molecule has 1 N–H and O–H groups in total. The summed E-state index contributed by atoms with van der Waals surface area (Å²) in [7, 11) is 0. The number of hydrazone groups is 1. The lowest BCUT2D eigenvalue weighted by atomic mass is 10.0. The lowest BCUT2D eigenvalue weighted by molar-refractivity contribution is -0.130. The number of amides is 2. The number of rotatable bonds is 11. The van der Waals surface area contributed by atoms with Gasteiger partial charge in [0.15, 0.2) is 11.0 Å². The van der Waals surface area contributed by atoms with Crippen LogP contribution in [-0.4, -0.2) is 43.1 Å². The van der Waals surface area contributed by atoms with Crippen LogP contribution < -0.4 is 5.32 Å². The average molecular weight is 643 g/mol. The number of aryl methyl sites for hydroxylation is 1. The Balaban J connectivity index is 1.20. The highest BCUT2D eigenvalue weighted by Crippen LogP contribution is 2.34. The van der Waals surface area contributed by atoms with Gasteiger partial charge in [0.05, 0.1) is 34.5 Å². The van der Waals surface area contributed by atoms with Gasteiger partial charge < -0.3 is 9.88 Å². The van der Waals surface area contributed by atoms with Gasteiger partial charge in [-0.1, -0.05) is 72.4 Å². The van der Waals surface area contributed by atoms with E-state index in [2.05, 4.69) is 15.5 Å². The lowest BCUT2D eigenvalue weighted by Gasteiger charge is -2.22. The van der Waals surface area contributed by atoms with Crippen molar-refractivity contribution in [2.75, 3.05) is 5.75 Å². The Bertz CT molecular complexity index is 1810. The number of carbonyl (C=O) groups is 2. The van der Waals surface area contributed by atoms with Crippen LogP contribution >= 0.6 is 23.1 Å². The Morgan fingerprint density at radius 3 is 2.47 bits per heavy atom. The molecule has 1 aliphatic heterocycles. The van der Waals surface area contributed by atoms with Gasteiger partial charge in [-0.3, -0.25) is 9.59 Å². The number of hydrogen-bond acceptors (Lipinski definition) is 7. The normalized spacial score (nSPS) is 14.4. The third kappa shape index (κ3) is 7.18. The average Bonchev–Trinajstić information content (AvgIpc) is 3.83. The maximum absolute atomic E-state index is 14.2.